The quantitative estimate of drug-likeness (QED) is 0.175. The zero-order chi connectivity index (χ0) is 47.1. The predicted octanol–water partition coefficient (Wildman–Crippen LogP) is 17.9. The van der Waals surface area contributed by atoms with E-state index in [0.717, 1.165) is 46.9 Å². The fourth-order valence-electron chi connectivity index (χ4n) is 14.6. The molecule has 5 aliphatic rings. The molecule has 11 aromatic rings. The highest BCUT2D eigenvalue weighted by molar-refractivity contribution is 8.00. The van der Waals surface area contributed by atoms with Crippen molar-refractivity contribution in [3.63, 3.8) is 0 Å². The van der Waals surface area contributed by atoms with E-state index in [9.17, 15) is 0 Å². The Bertz CT molecular complexity index is 3950. The van der Waals surface area contributed by atoms with Gasteiger partial charge < -0.3 is 9.32 Å². The first-order valence-corrected chi connectivity index (χ1v) is 27.3. The lowest BCUT2D eigenvalue weighted by Crippen LogP contribution is -2.51. The fourth-order valence-corrected chi connectivity index (χ4v) is 17.3. The van der Waals surface area contributed by atoms with E-state index >= 15 is 0 Å². The molecule has 0 N–H and O–H groups in total. The summed E-state index contributed by atoms with van der Waals surface area (Å²) < 4.78 is 7.08. The van der Waals surface area contributed by atoms with Gasteiger partial charge in [-0.1, -0.05) is 194 Å². The van der Waals surface area contributed by atoms with Crippen molar-refractivity contribution in [2.75, 3.05) is 4.90 Å². The van der Waals surface area contributed by atoms with Crippen LogP contribution in [-0.4, -0.2) is 11.3 Å². The second kappa shape index (κ2) is 15.5. The number of fused-ring (bicyclic) bond motifs is 21. The third-order valence-electron chi connectivity index (χ3n) is 17.2. The summed E-state index contributed by atoms with van der Waals surface area (Å²) in [4.78, 5) is 6.86. The van der Waals surface area contributed by atoms with Gasteiger partial charge in [-0.15, -0.1) is 11.8 Å². The van der Waals surface area contributed by atoms with Crippen LogP contribution in [0, 0.1) is 5.92 Å². The molecule has 1 saturated carbocycles. The first-order valence-electron chi connectivity index (χ1n) is 25.6. The average molecular weight is 958 g/mol. The predicted molar refractivity (Wildman–Crippen MR) is 298 cm³/mol. The minimum Gasteiger partial charge on any atom is -0.455 e. The van der Waals surface area contributed by atoms with Gasteiger partial charge in [-0.2, -0.15) is 0 Å². The SMILES string of the molecule is c1ccc(-c2ccc(N(c3ccc4c(c3)C3(c5ccccc5S4)c4ccccc4-c4ccccc43)C3CCC4Sc5ccccc5C5(c6ccccc6-c6ccccc65)C4C3)c3c2oc2ccccc23)cc1. The summed E-state index contributed by atoms with van der Waals surface area (Å²) in [5.74, 6) is 0.323. The van der Waals surface area contributed by atoms with Crippen molar-refractivity contribution < 1.29 is 4.42 Å². The standard InChI is InChI=1S/C68H47NOS2/c1-2-18-42(19-3-1)45-36-37-59(65-50-24-8-15-31-60(50)70-66(45)65)69(43-34-38-63-57(40-43)67(55-29-13-16-32-61(55)71-63)51-25-9-4-20-46(51)47-21-5-10-26-52(47)67)44-35-39-64-58(41-44)68(56-30-14-17-33-62(56)72-64)53-27-11-6-22-48(53)49-23-7-12-28-54(49)68/h1-34,36-38,40,44,58,64H,35,39,41H2. The molecule has 10 aromatic carbocycles. The topological polar surface area (TPSA) is 16.4 Å². The van der Waals surface area contributed by atoms with E-state index < -0.39 is 5.41 Å². The Morgan fingerprint density at radius 3 is 1.74 bits per heavy atom. The van der Waals surface area contributed by atoms with Crippen LogP contribution in [0.2, 0.25) is 0 Å². The first kappa shape index (κ1) is 41.2. The molecule has 1 fully saturated rings. The van der Waals surface area contributed by atoms with Crippen LogP contribution in [0.15, 0.2) is 250 Å². The molecule has 4 heteroatoms. The molecule has 3 atom stereocenters. The summed E-state index contributed by atoms with van der Waals surface area (Å²) in [6.45, 7) is 0. The van der Waals surface area contributed by atoms with Gasteiger partial charge in [0.15, 0.2) is 0 Å². The van der Waals surface area contributed by atoms with Gasteiger partial charge in [-0.25, -0.2) is 0 Å². The van der Waals surface area contributed by atoms with Crippen LogP contribution in [0.25, 0.3) is 55.3 Å². The van der Waals surface area contributed by atoms with Gasteiger partial charge in [0, 0.05) is 42.6 Å². The Kier molecular flexibility index (Phi) is 8.86. The van der Waals surface area contributed by atoms with E-state index in [4.69, 9.17) is 4.42 Å². The third-order valence-corrected chi connectivity index (χ3v) is 19.9. The molecule has 3 unspecified atom stereocenters. The molecule has 3 aliphatic carbocycles. The zero-order valence-corrected chi connectivity index (χ0v) is 41.1. The van der Waals surface area contributed by atoms with Crippen molar-refractivity contribution in [1.29, 1.82) is 0 Å². The van der Waals surface area contributed by atoms with Crippen LogP contribution >= 0.6 is 23.5 Å². The van der Waals surface area contributed by atoms with Crippen LogP contribution in [0.5, 0.6) is 0 Å². The second-order valence-corrected chi connectivity index (χ2v) is 22.8. The lowest BCUT2D eigenvalue weighted by Gasteiger charge is -2.53. The van der Waals surface area contributed by atoms with E-state index in [2.05, 4.69) is 247 Å². The first-order chi connectivity index (χ1) is 35.7. The van der Waals surface area contributed by atoms with Gasteiger partial charge in [-0.05, 0) is 140 Å². The van der Waals surface area contributed by atoms with E-state index in [-0.39, 0.29) is 11.5 Å². The highest BCUT2D eigenvalue weighted by Crippen LogP contribution is 2.67. The lowest BCUT2D eigenvalue weighted by atomic mass is 9.59. The maximum absolute atomic E-state index is 7.08. The Hall–Kier alpha value is -7.50. The number of nitrogens with zero attached hydrogens (tertiary/aromatic N) is 1. The van der Waals surface area contributed by atoms with Crippen molar-refractivity contribution >= 4 is 56.8 Å². The molecular formula is C68H47NOS2. The number of para-hydroxylation sites is 1. The van der Waals surface area contributed by atoms with Crippen molar-refractivity contribution in [3.8, 4) is 33.4 Å². The number of rotatable bonds is 4. The summed E-state index contributed by atoms with van der Waals surface area (Å²) in [5, 5.41) is 2.76. The lowest BCUT2D eigenvalue weighted by molar-refractivity contribution is 0.253. The minimum absolute atomic E-state index is 0.161. The Morgan fingerprint density at radius 1 is 0.444 bits per heavy atom. The molecule has 0 bridgehead atoms. The molecule has 0 radical (unpaired) electrons. The van der Waals surface area contributed by atoms with Gasteiger partial charge >= 0.3 is 0 Å². The summed E-state index contributed by atoms with van der Waals surface area (Å²) in [5.41, 5.74) is 21.0. The van der Waals surface area contributed by atoms with E-state index in [1.54, 1.807) is 0 Å². The zero-order valence-electron chi connectivity index (χ0n) is 39.5. The van der Waals surface area contributed by atoms with Crippen LogP contribution in [-0.2, 0) is 10.8 Å². The minimum atomic E-state index is -0.496. The second-order valence-electron chi connectivity index (χ2n) is 20.4. The molecular weight excluding hydrogens is 911 g/mol. The molecule has 16 rings (SSSR count). The molecule has 2 nitrogen and oxygen atoms in total. The maximum Gasteiger partial charge on any atom is 0.145 e. The van der Waals surface area contributed by atoms with Crippen LogP contribution < -0.4 is 4.90 Å². The number of furan rings is 1. The fraction of sp³-hybridized carbons (Fsp3) is 0.118. The smallest absolute Gasteiger partial charge is 0.145 e. The Morgan fingerprint density at radius 2 is 1.01 bits per heavy atom. The molecule has 3 heterocycles. The van der Waals surface area contributed by atoms with Gasteiger partial charge in [-0.3, -0.25) is 0 Å². The molecule has 0 amide bonds. The van der Waals surface area contributed by atoms with Crippen LogP contribution in [0.3, 0.4) is 0 Å². The molecule has 2 aliphatic heterocycles. The highest BCUT2D eigenvalue weighted by atomic mass is 32.2. The van der Waals surface area contributed by atoms with E-state index in [0.29, 0.717) is 11.2 Å². The maximum atomic E-state index is 7.08. The molecule has 72 heavy (non-hydrogen) atoms. The van der Waals surface area contributed by atoms with Gasteiger partial charge in [0.1, 0.15) is 11.2 Å². The highest BCUT2D eigenvalue weighted by Gasteiger charge is 2.58. The summed E-state index contributed by atoms with van der Waals surface area (Å²) >= 11 is 4.06. The van der Waals surface area contributed by atoms with Crippen molar-refractivity contribution in [1.82, 2.24) is 0 Å². The molecule has 0 saturated heterocycles. The normalized spacial score (nSPS) is 18.9. The van der Waals surface area contributed by atoms with Crippen molar-refractivity contribution in [2.45, 2.75) is 56.1 Å². The molecule has 1 aromatic heterocycles. The van der Waals surface area contributed by atoms with Gasteiger partial charge in [0.2, 0.25) is 0 Å². The van der Waals surface area contributed by atoms with E-state index in [1.165, 1.54) is 92.6 Å². The summed E-state index contributed by atoms with van der Waals surface area (Å²) in [6.07, 6.45) is 3.17. The number of hydrogen-bond donors (Lipinski definition) is 0. The third kappa shape index (κ3) is 5.44. The number of thioether (sulfide) groups is 1. The van der Waals surface area contributed by atoms with Crippen LogP contribution in [0.4, 0.5) is 11.4 Å². The Labute approximate surface area is 428 Å². The number of anilines is 2. The van der Waals surface area contributed by atoms with Gasteiger partial charge in [0.25, 0.3) is 0 Å². The summed E-state index contributed by atoms with van der Waals surface area (Å²) in [7, 11) is 0. The van der Waals surface area contributed by atoms with Crippen molar-refractivity contribution in [2.24, 2.45) is 5.92 Å². The van der Waals surface area contributed by atoms with E-state index in [1.807, 2.05) is 11.8 Å². The van der Waals surface area contributed by atoms with Crippen LogP contribution in [0.1, 0.15) is 58.2 Å². The van der Waals surface area contributed by atoms with Gasteiger partial charge in [0.05, 0.1) is 21.9 Å². The summed E-state index contributed by atoms with van der Waals surface area (Å²) in [6, 6.07) is 87.6. The molecule has 2 spiro atoms. The monoisotopic (exact) mass is 957 g/mol. The molecule has 342 valence electrons. The number of hydrogen-bond acceptors (Lipinski definition) is 4. The van der Waals surface area contributed by atoms with Crippen molar-refractivity contribution in [3.05, 3.63) is 269 Å². The average Bonchev–Trinajstić information content (AvgIpc) is 4.09. The largest absolute Gasteiger partial charge is 0.455 e. The number of benzene rings is 10. The Balaban J connectivity index is 0.966.